The van der Waals surface area contributed by atoms with Gasteiger partial charge in [-0.1, -0.05) is 12.1 Å². The molecule has 1 N–H and O–H groups in total. The first-order valence-electron chi connectivity index (χ1n) is 7.13. The van der Waals surface area contributed by atoms with E-state index in [0.717, 1.165) is 16.9 Å². The predicted octanol–water partition coefficient (Wildman–Crippen LogP) is 3.45. The summed E-state index contributed by atoms with van der Waals surface area (Å²) in [6.07, 6.45) is 0. The van der Waals surface area contributed by atoms with Crippen LogP contribution in [0.3, 0.4) is 0 Å². The number of aromatic nitrogens is 2. The van der Waals surface area contributed by atoms with Gasteiger partial charge in [0.25, 0.3) is 0 Å². The van der Waals surface area contributed by atoms with Crippen molar-refractivity contribution in [3.63, 3.8) is 0 Å². The third kappa shape index (κ3) is 4.45. The molecule has 5 nitrogen and oxygen atoms in total. The maximum atomic E-state index is 8.72. The van der Waals surface area contributed by atoms with Crippen LogP contribution in [0.25, 0.3) is 0 Å². The Hall–Kier alpha value is -2.61. The lowest BCUT2D eigenvalue weighted by Gasteiger charge is -2.24. The molecule has 1 aromatic heterocycles. The molecule has 1 aromatic carbocycles. The highest BCUT2D eigenvalue weighted by atomic mass is 16.5. The van der Waals surface area contributed by atoms with Crippen LogP contribution in [-0.2, 0) is 6.54 Å². The molecule has 0 radical (unpaired) electrons. The minimum Gasteiger partial charge on any atom is -0.488 e. The molecule has 0 spiro atoms. The number of benzene rings is 1. The minimum absolute atomic E-state index is 0.253. The standard InChI is InChI=1S/C17H20N4O/c1-12-5-6-13(15(9-12)22-17(2,3)4)11-19-16-8-7-14(10-18)20-21-16/h5-9H,11H2,1-4H3,(H,19,21). The van der Waals surface area contributed by atoms with E-state index in [1.165, 1.54) is 0 Å². The zero-order chi connectivity index (χ0) is 16.2. The Kier molecular flexibility index (Phi) is 4.62. The van der Waals surface area contributed by atoms with Crippen LogP contribution in [0.2, 0.25) is 0 Å². The maximum Gasteiger partial charge on any atom is 0.163 e. The van der Waals surface area contributed by atoms with Gasteiger partial charge in [-0.15, -0.1) is 10.2 Å². The van der Waals surface area contributed by atoms with E-state index in [2.05, 4.69) is 21.6 Å². The van der Waals surface area contributed by atoms with Crippen LogP contribution in [0.1, 0.15) is 37.6 Å². The van der Waals surface area contributed by atoms with Crippen LogP contribution in [0.5, 0.6) is 5.75 Å². The summed E-state index contributed by atoms with van der Waals surface area (Å²) in [6, 6.07) is 11.5. The first-order valence-corrected chi connectivity index (χ1v) is 7.13. The van der Waals surface area contributed by atoms with Crippen LogP contribution in [0, 0.1) is 18.3 Å². The van der Waals surface area contributed by atoms with Gasteiger partial charge < -0.3 is 10.1 Å². The third-order valence-electron chi connectivity index (χ3n) is 2.88. The molecule has 0 atom stereocenters. The fraction of sp³-hybridized carbons (Fsp3) is 0.353. The molecule has 2 rings (SSSR count). The van der Waals surface area contributed by atoms with E-state index < -0.39 is 0 Å². The molecule has 0 bridgehead atoms. The Morgan fingerprint density at radius 2 is 1.95 bits per heavy atom. The van der Waals surface area contributed by atoms with Gasteiger partial charge in [0.1, 0.15) is 23.2 Å². The lowest BCUT2D eigenvalue weighted by atomic mass is 10.1. The average Bonchev–Trinajstić information content (AvgIpc) is 2.45. The predicted molar refractivity (Wildman–Crippen MR) is 85.6 cm³/mol. The molecular formula is C17H20N4O. The smallest absolute Gasteiger partial charge is 0.163 e. The number of nitriles is 1. The summed E-state index contributed by atoms with van der Waals surface area (Å²) in [6.45, 7) is 8.70. The molecule has 0 amide bonds. The van der Waals surface area contributed by atoms with Crippen molar-refractivity contribution in [2.45, 2.75) is 39.8 Å². The van der Waals surface area contributed by atoms with Gasteiger partial charge in [-0.2, -0.15) is 5.26 Å². The van der Waals surface area contributed by atoms with Crippen LogP contribution >= 0.6 is 0 Å². The van der Waals surface area contributed by atoms with Crippen molar-refractivity contribution in [2.24, 2.45) is 0 Å². The number of nitrogens with zero attached hydrogens (tertiary/aromatic N) is 3. The third-order valence-corrected chi connectivity index (χ3v) is 2.88. The van der Waals surface area contributed by atoms with Crippen molar-refractivity contribution < 1.29 is 4.74 Å². The van der Waals surface area contributed by atoms with E-state index in [9.17, 15) is 0 Å². The maximum absolute atomic E-state index is 8.72. The number of hydrogen-bond acceptors (Lipinski definition) is 5. The van der Waals surface area contributed by atoms with Crippen molar-refractivity contribution in [3.05, 3.63) is 47.2 Å². The second-order valence-electron chi connectivity index (χ2n) is 6.09. The number of nitrogens with one attached hydrogen (secondary N) is 1. The molecule has 0 fully saturated rings. The van der Waals surface area contributed by atoms with Crippen LogP contribution < -0.4 is 10.1 Å². The van der Waals surface area contributed by atoms with Gasteiger partial charge in [0.2, 0.25) is 0 Å². The van der Waals surface area contributed by atoms with Crippen molar-refractivity contribution in [2.75, 3.05) is 5.32 Å². The number of ether oxygens (including phenoxy) is 1. The van der Waals surface area contributed by atoms with Crippen molar-refractivity contribution in [1.82, 2.24) is 10.2 Å². The van der Waals surface area contributed by atoms with Gasteiger partial charge in [-0.25, -0.2) is 0 Å². The minimum atomic E-state index is -0.253. The van der Waals surface area contributed by atoms with E-state index in [0.29, 0.717) is 18.1 Å². The SMILES string of the molecule is Cc1ccc(CNc2ccc(C#N)nn2)c(OC(C)(C)C)c1. The molecular weight excluding hydrogens is 276 g/mol. The Morgan fingerprint density at radius 3 is 2.55 bits per heavy atom. The molecule has 0 aliphatic heterocycles. The zero-order valence-corrected chi connectivity index (χ0v) is 13.3. The first-order chi connectivity index (χ1) is 10.4. The van der Waals surface area contributed by atoms with Crippen LogP contribution in [0.4, 0.5) is 5.82 Å². The number of hydrogen-bond donors (Lipinski definition) is 1. The van der Waals surface area contributed by atoms with Gasteiger partial charge >= 0.3 is 0 Å². The summed E-state index contributed by atoms with van der Waals surface area (Å²) in [5, 5.41) is 19.7. The molecule has 0 unspecified atom stereocenters. The van der Waals surface area contributed by atoms with Crippen molar-refractivity contribution >= 4 is 5.82 Å². The van der Waals surface area contributed by atoms with E-state index in [4.69, 9.17) is 10.00 Å². The number of aryl methyl sites for hydroxylation is 1. The second kappa shape index (κ2) is 6.44. The second-order valence-corrected chi connectivity index (χ2v) is 6.09. The summed E-state index contributed by atoms with van der Waals surface area (Å²) in [5.74, 6) is 1.49. The Bertz CT molecular complexity index is 681. The molecule has 1 heterocycles. The van der Waals surface area contributed by atoms with Crippen molar-refractivity contribution in [3.8, 4) is 11.8 Å². The van der Waals surface area contributed by atoms with Gasteiger partial charge in [0, 0.05) is 12.1 Å². The Balaban J connectivity index is 2.13. The van der Waals surface area contributed by atoms with Gasteiger partial charge in [0.15, 0.2) is 5.69 Å². The fourth-order valence-electron chi connectivity index (χ4n) is 1.90. The number of rotatable bonds is 4. The highest BCUT2D eigenvalue weighted by Gasteiger charge is 2.14. The highest BCUT2D eigenvalue weighted by Crippen LogP contribution is 2.25. The number of anilines is 1. The first kappa shape index (κ1) is 15.8. The lowest BCUT2D eigenvalue weighted by molar-refractivity contribution is 0.129. The summed E-state index contributed by atoms with van der Waals surface area (Å²) in [4.78, 5) is 0. The summed E-state index contributed by atoms with van der Waals surface area (Å²) in [5.41, 5.74) is 2.25. The molecule has 0 aliphatic rings. The van der Waals surface area contributed by atoms with Gasteiger partial charge in [0.05, 0.1) is 0 Å². The lowest BCUT2D eigenvalue weighted by Crippen LogP contribution is -2.24. The van der Waals surface area contributed by atoms with E-state index in [1.807, 2.05) is 45.9 Å². The molecule has 0 saturated carbocycles. The Labute approximate surface area is 131 Å². The van der Waals surface area contributed by atoms with Gasteiger partial charge in [-0.05, 0) is 51.5 Å². The van der Waals surface area contributed by atoms with E-state index >= 15 is 0 Å². The Morgan fingerprint density at radius 1 is 1.18 bits per heavy atom. The normalized spacial score (nSPS) is 10.9. The molecule has 114 valence electrons. The highest BCUT2D eigenvalue weighted by molar-refractivity contribution is 5.42. The van der Waals surface area contributed by atoms with Crippen LogP contribution in [-0.4, -0.2) is 15.8 Å². The summed E-state index contributed by atoms with van der Waals surface area (Å²) < 4.78 is 6.02. The van der Waals surface area contributed by atoms with Gasteiger partial charge in [-0.3, -0.25) is 0 Å². The quantitative estimate of drug-likeness (QED) is 0.935. The monoisotopic (exact) mass is 296 g/mol. The average molecular weight is 296 g/mol. The topological polar surface area (TPSA) is 70.8 Å². The van der Waals surface area contributed by atoms with E-state index in [1.54, 1.807) is 12.1 Å². The van der Waals surface area contributed by atoms with Crippen molar-refractivity contribution in [1.29, 1.82) is 5.26 Å². The van der Waals surface area contributed by atoms with E-state index in [-0.39, 0.29) is 5.60 Å². The fourth-order valence-corrected chi connectivity index (χ4v) is 1.90. The van der Waals surface area contributed by atoms with Crippen LogP contribution in [0.15, 0.2) is 30.3 Å². The molecule has 0 saturated heterocycles. The summed E-state index contributed by atoms with van der Waals surface area (Å²) >= 11 is 0. The molecule has 22 heavy (non-hydrogen) atoms. The zero-order valence-electron chi connectivity index (χ0n) is 13.3. The molecule has 5 heteroatoms. The molecule has 0 aliphatic carbocycles. The summed E-state index contributed by atoms with van der Waals surface area (Å²) in [7, 11) is 0. The molecule has 2 aromatic rings. The largest absolute Gasteiger partial charge is 0.488 e.